The third kappa shape index (κ3) is 2.53. The highest BCUT2D eigenvalue weighted by Gasteiger charge is 2.16. The highest BCUT2D eigenvalue weighted by Crippen LogP contribution is 2.24. The molecule has 0 radical (unpaired) electrons. The molecule has 1 heterocycles. The maximum atomic E-state index is 13.4. The van der Waals surface area contributed by atoms with E-state index in [1.807, 2.05) is 0 Å². The van der Waals surface area contributed by atoms with Gasteiger partial charge in [0.15, 0.2) is 11.6 Å². The molecule has 0 aliphatic rings. The average Bonchev–Trinajstić information content (AvgIpc) is 2.32. The fraction of sp³-hybridized carbons (Fsp3) is 0. The van der Waals surface area contributed by atoms with Crippen molar-refractivity contribution < 1.29 is 9.18 Å². The SMILES string of the molecule is O=C(c1ccncc1F)c1cc(Br)ccc1Cl. The molecule has 5 heteroatoms. The fourth-order valence-electron chi connectivity index (χ4n) is 1.38. The van der Waals surface area contributed by atoms with Crippen molar-refractivity contribution in [1.82, 2.24) is 4.98 Å². The van der Waals surface area contributed by atoms with Gasteiger partial charge in [-0.3, -0.25) is 9.78 Å². The lowest BCUT2D eigenvalue weighted by molar-refractivity contribution is 0.103. The second-order valence-corrected chi connectivity index (χ2v) is 4.63. The molecule has 2 nitrogen and oxygen atoms in total. The molecule has 0 N–H and O–H groups in total. The fourth-order valence-corrected chi connectivity index (χ4v) is 1.94. The van der Waals surface area contributed by atoms with E-state index in [-0.39, 0.29) is 16.1 Å². The van der Waals surface area contributed by atoms with Crippen LogP contribution >= 0.6 is 27.5 Å². The maximum absolute atomic E-state index is 13.4. The Morgan fingerprint density at radius 2 is 2.06 bits per heavy atom. The van der Waals surface area contributed by atoms with Crippen molar-refractivity contribution in [3.8, 4) is 0 Å². The monoisotopic (exact) mass is 313 g/mol. The second kappa shape index (κ2) is 4.94. The van der Waals surface area contributed by atoms with Crippen molar-refractivity contribution in [3.05, 3.63) is 63.1 Å². The van der Waals surface area contributed by atoms with E-state index in [1.54, 1.807) is 18.2 Å². The molecule has 0 bridgehead atoms. The summed E-state index contributed by atoms with van der Waals surface area (Å²) in [6.07, 6.45) is 2.36. The zero-order valence-electron chi connectivity index (χ0n) is 8.45. The molecule has 0 fully saturated rings. The molecule has 0 atom stereocenters. The van der Waals surface area contributed by atoms with E-state index < -0.39 is 11.6 Å². The predicted octanol–water partition coefficient (Wildman–Crippen LogP) is 3.87. The summed E-state index contributed by atoms with van der Waals surface area (Å²) < 4.78 is 14.1. The van der Waals surface area contributed by atoms with Crippen LogP contribution < -0.4 is 0 Å². The molecule has 0 aliphatic heterocycles. The number of halogens is 3. The quantitative estimate of drug-likeness (QED) is 0.788. The van der Waals surface area contributed by atoms with Gasteiger partial charge < -0.3 is 0 Å². The van der Waals surface area contributed by atoms with E-state index in [0.29, 0.717) is 4.47 Å². The minimum atomic E-state index is -0.659. The van der Waals surface area contributed by atoms with Gasteiger partial charge in [-0.25, -0.2) is 4.39 Å². The summed E-state index contributed by atoms with van der Waals surface area (Å²) in [5, 5.41) is 0.286. The molecule has 0 saturated carbocycles. The number of nitrogens with zero attached hydrogens (tertiary/aromatic N) is 1. The van der Waals surface area contributed by atoms with Crippen LogP contribution in [0.2, 0.25) is 5.02 Å². The lowest BCUT2D eigenvalue weighted by atomic mass is 10.0. The van der Waals surface area contributed by atoms with Crippen molar-refractivity contribution in [2.24, 2.45) is 0 Å². The first-order valence-corrected chi connectivity index (χ1v) is 5.86. The highest BCUT2D eigenvalue weighted by molar-refractivity contribution is 9.10. The number of hydrogen-bond acceptors (Lipinski definition) is 2. The van der Waals surface area contributed by atoms with Gasteiger partial charge in [0, 0.05) is 16.2 Å². The van der Waals surface area contributed by atoms with Gasteiger partial charge in [0.2, 0.25) is 0 Å². The zero-order valence-corrected chi connectivity index (χ0v) is 10.8. The van der Waals surface area contributed by atoms with Crippen molar-refractivity contribution in [3.63, 3.8) is 0 Å². The summed E-state index contributed by atoms with van der Waals surface area (Å²) in [5.41, 5.74) is 0.214. The number of ketones is 1. The Morgan fingerprint density at radius 3 is 2.76 bits per heavy atom. The minimum absolute atomic E-state index is 0.0417. The van der Waals surface area contributed by atoms with E-state index in [1.165, 1.54) is 12.3 Å². The molecule has 0 aliphatic carbocycles. The Bertz CT molecular complexity index is 588. The van der Waals surface area contributed by atoms with E-state index in [2.05, 4.69) is 20.9 Å². The van der Waals surface area contributed by atoms with Crippen LogP contribution in [0, 0.1) is 5.82 Å². The van der Waals surface area contributed by atoms with Crippen LogP contribution in [0.15, 0.2) is 41.1 Å². The van der Waals surface area contributed by atoms with Crippen LogP contribution in [0.25, 0.3) is 0 Å². The van der Waals surface area contributed by atoms with Gasteiger partial charge >= 0.3 is 0 Å². The van der Waals surface area contributed by atoms with Gasteiger partial charge in [-0.2, -0.15) is 0 Å². The maximum Gasteiger partial charge on any atom is 0.197 e. The number of hydrogen-bond donors (Lipinski definition) is 0. The second-order valence-electron chi connectivity index (χ2n) is 3.31. The molecule has 2 aromatic rings. The third-order valence-electron chi connectivity index (χ3n) is 2.19. The molecule has 0 saturated heterocycles. The topological polar surface area (TPSA) is 30.0 Å². The number of rotatable bonds is 2. The summed E-state index contributed by atoms with van der Waals surface area (Å²) in [6.45, 7) is 0. The Morgan fingerprint density at radius 1 is 1.29 bits per heavy atom. The number of benzene rings is 1. The number of aromatic nitrogens is 1. The van der Waals surface area contributed by atoms with Crippen molar-refractivity contribution in [1.29, 1.82) is 0 Å². The van der Waals surface area contributed by atoms with Gasteiger partial charge in [0.25, 0.3) is 0 Å². The predicted molar refractivity (Wildman–Crippen MR) is 66.8 cm³/mol. The molecule has 2 rings (SSSR count). The summed E-state index contributed by atoms with van der Waals surface area (Å²) in [5.74, 6) is -1.12. The first-order valence-electron chi connectivity index (χ1n) is 4.69. The van der Waals surface area contributed by atoms with E-state index in [0.717, 1.165) is 6.20 Å². The first-order chi connectivity index (χ1) is 8.09. The molecular weight excluding hydrogens is 308 g/mol. The Labute approximate surface area is 111 Å². The first kappa shape index (κ1) is 12.2. The van der Waals surface area contributed by atoms with Crippen LogP contribution in [-0.2, 0) is 0 Å². The van der Waals surface area contributed by atoms with Crippen LogP contribution in [0.1, 0.15) is 15.9 Å². The Kier molecular flexibility index (Phi) is 3.54. The van der Waals surface area contributed by atoms with E-state index in [4.69, 9.17) is 11.6 Å². The summed E-state index contributed by atoms with van der Waals surface area (Å²) in [6, 6.07) is 6.18. The largest absolute Gasteiger partial charge is 0.288 e. The van der Waals surface area contributed by atoms with Crippen molar-refractivity contribution >= 4 is 33.3 Å². The molecule has 1 aromatic carbocycles. The summed E-state index contributed by atoms with van der Waals surface area (Å²) >= 11 is 9.15. The molecule has 0 spiro atoms. The van der Waals surface area contributed by atoms with Gasteiger partial charge in [-0.15, -0.1) is 0 Å². The summed E-state index contributed by atoms with van der Waals surface area (Å²) in [7, 11) is 0. The van der Waals surface area contributed by atoms with Crippen LogP contribution in [0.4, 0.5) is 4.39 Å². The standard InChI is InChI=1S/C12H6BrClFNO/c13-7-1-2-10(14)9(5-7)12(17)8-3-4-16-6-11(8)15/h1-6H. The van der Waals surface area contributed by atoms with E-state index >= 15 is 0 Å². The molecule has 0 unspecified atom stereocenters. The number of carbonyl (C=O) groups is 1. The average molecular weight is 315 g/mol. The van der Waals surface area contributed by atoms with Crippen molar-refractivity contribution in [2.45, 2.75) is 0 Å². The zero-order chi connectivity index (χ0) is 12.4. The van der Waals surface area contributed by atoms with Gasteiger partial charge in [-0.05, 0) is 24.3 Å². The van der Waals surface area contributed by atoms with Crippen LogP contribution in [0.3, 0.4) is 0 Å². The van der Waals surface area contributed by atoms with Crippen LogP contribution in [0.5, 0.6) is 0 Å². The molecule has 1 aromatic heterocycles. The number of carbonyl (C=O) groups excluding carboxylic acids is 1. The third-order valence-corrected chi connectivity index (χ3v) is 3.01. The molecule has 86 valence electrons. The molecule has 17 heavy (non-hydrogen) atoms. The molecular formula is C12H6BrClFNO. The minimum Gasteiger partial charge on any atom is -0.288 e. The Balaban J connectivity index is 2.51. The lowest BCUT2D eigenvalue weighted by Gasteiger charge is -2.04. The van der Waals surface area contributed by atoms with Gasteiger partial charge in [-0.1, -0.05) is 27.5 Å². The smallest absolute Gasteiger partial charge is 0.197 e. The molecule has 0 amide bonds. The number of pyridine rings is 1. The lowest BCUT2D eigenvalue weighted by Crippen LogP contribution is -2.05. The van der Waals surface area contributed by atoms with Crippen LogP contribution in [-0.4, -0.2) is 10.8 Å². The highest BCUT2D eigenvalue weighted by atomic mass is 79.9. The van der Waals surface area contributed by atoms with Crippen molar-refractivity contribution in [2.75, 3.05) is 0 Å². The van der Waals surface area contributed by atoms with Gasteiger partial charge in [0.05, 0.1) is 16.8 Å². The normalized spacial score (nSPS) is 10.3. The van der Waals surface area contributed by atoms with E-state index in [9.17, 15) is 9.18 Å². The Hall–Kier alpha value is -1.26. The summed E-state index contributed by atoms with van der Waals surface area (Å²) in [4.78, 5) is 15.7. The van der Waals surface area contributed by atoms with Gasteiger partial charge in [0.1, 0.15) is 0 Å².